The highest BCUT2D eigenvalue weighted by Gasteiger charge is 2.51. The Labute approximate surface area is 186 Å². The summed E-state index contributed by atoms with van der Waals surface area (Å²) in [6, 6.07) is 7.35. The molecule has 0 N–H and O–H groups in total. The van der Waals surface area contributed by atoms with Crippen LogP contribution in [0.25, 0.3) is 11.3 Å². The predicted molar refractivity (Wildman–Crippen MR) is 121 cm³/mol. The molecular formula is C22H25N5O2S2. The SMILES string of the molecule is CC1(C)Cc2nnc(C3(c4ccc(-c5ccc(S(C)(=O)=O)cn5)cn4)CC3)n2CCS1. The van der Waals surface area contributed by atoms with Crippen LogP contribution in [0.1, 0.15) is 44.0 Å². The normalized spacial score (nSPS) is 19.5. The van der Waals surface area contributed by atoms with Crippen LogP contribution in [0.5, 0.6) is 0 Å². The first-order valence-electron chi connectivity index (χ1n) is 10.4. The highest BCUT2D eigenvalue weighted by atomic mass is 32.2. The van der Waals surface area contributed by atoms with E-state index in [2.05, 4.69) is 33.6 Å². The molecule has 0 bridgehead atoms. The molecule has 1 saturated carbocycles. The first kappa shape index (κ1) is 20.6. The van der Waals surface area contributed by atoms with Crippen LogP contribution < -0.4 is 0 Å². The number of nitrogens with zero attached hydrogens (tertiary/aromatic N) is 5. The molecule has 3 aromatic heterocycles. The van der Waals surface area contributed by atoms with E-state index < -0.39 is 9.84 Å². The minimum atomic E-state index is -3.26. The van der Waals surface area contributed by atoms with Gasteiger partial charge in [0.2, 0.25) is 0 Å². The highest BCUT2D eigenvalue weighted by Crippen LogP contribution is 2.52. The topological polar surface area (TPSA) is 90.6 Å². The third-order valence-electron chi connectivity index (χ3n) is 6.11. The van der Waals surface area contributed by atoms with Gasteiger partial charge < -0.3 is 4.57 Å². The van der Waals surface area contributed by atoms with E-state index in [9.17, 15) is 8.42 Å². The molecule has 0 aromatic carbocycles. The third kappa shape index (κ3) is 3.78. The number of pyridine rings is 2. The lowest BCUT2D eigenvalue weighted by Crippen LogP contribution is -2.20. The third-order valence-corrected chi connectivity index (χ3v) is 8.52. The Kier molecular flexibility index (Phi) is 4.75. The van der Waals surface area contributed by atoms with Crippen molar-refractivity contribution in [1.82, 2.24) is 24.7 Å². The fourth-order valence-corrected chi connectivity index (χ4v) is 5.84. The zero-order valence-corrected chi connectivity index (χ0v) is 19.5. The van der Waals surface area contributed by atoms with Crippen LogP contribution in [0.15, 0.2) is 41.6 Å². The predicted octanol–water partition coefficient (Wildman–Crippen LogP) is 3.29. The van der Waals surface area contributed by atoms with Crippen LogP contribution in [-0.4, -0.2) is 49.9 Å². The van der Waals surface area contributed by atoms with Crippen molar-refractivity contribution in [2.24, 2.45) is 0 Å². The van der Waals surface area contributed by atoms with E-state index in [1.54, 1.807) is 12.1 Å². The Morgan fingerprint density at radius 2 is 1.84 bits per heavy atom. The van der Waals surface area contributed by atoms with E-state index in [0.29, 0.717) is 5.69 Å². The van der Waals surface area contributed by atoms with Gasteiger partial charge in [0.25, 0.3) is 0 Å². The molecule has 0 atom stereocenters. The summed E-state index contributed by atoms with van der Waals surface area (Å²) < 4.78 is 25.8. The van der Waals surface area contributed by atoms with Crippen molar-refractivity contribution in [3.8, 4) is 11.3 Å². The van der Waals surface area contributed by atoms with Crippen LogP contribution in [0, 0.1) is 0 Å². The molecule has 0 unspecified atom stereocenters. The molecule has 9 heteroatoms. The second kappa shape index (κ2) is 7.13. The number of sulfone groups is 1. The molecule has 7 nitrogen and oxygen atoms in total. The van der Waals surface area contributed by atoms with Gasteiger partial charge in [0.15, 0.2) is 9.84 Å². The second-order valence-corrected chi connectivity index (χ2v) is 12.9. The molecule has 0 amide bonds. The molecule has 1 aliphatic carbocycles. The zero-order valence-electron chi connectivity index (χ0n) is 17.9. The summed E-state index contributed by atoms with van der Waals surface area (Å²) in [7, 11) is -3.26. The molecular weight excluding hydrogens is 430 g/mol. The van der Waals surface area contributed by atoms with Crippen LogP contribution in [0.4, 0.5) is 0 Å². The Hall–Kier alpha value is -2.26. The van der Waals surface area contributed by atoms with Gasteiger partial charge in [-0.2, -0.15) is 11.8 Å². The maximum atomic E-state index is 11.6. The Bertz CT molecular complexity index is 1230. The van der Waals surface area contributed by atoms with Crippen molar-refractivity contribution in [1.29, 1.82) is 0 Å². The molecule has 0 spiro atoms. The van der Waals surface area contributed by atoms with E-state index in [0.717, 1.165) is 54.5 Å². The molecule has 1 aliphatic heterocycles. The first-order valence-corrected chi connectivity index (χ1v) is 13.3. The fourth-order valence-electron chi connectivity index (χ4n) is 4.22. The largest absolute Gasteiger partial charge is 0.313 e. The van der Waals surface area contributed by atoms with Gasteiger partial charge in [0.05, 0.1) is 21.7 Å². The van der Waals surface area contributed by atoms with Gasteiger partial charge in [-0.1, -0.05) is 13.8 Å². The van der Waals surface area contributed by atoms with E-state index in [-0.39, 0.29) is 15.1 Å². The molecule has 162 valence electrons. The monoisotopic (exact) mass is 455 g/mol. The number of aromatic nitrogens is 5. The van der Waals surface area contributed by atoms with Crippen LogP contribution in [-0.2, 0) is 28.2 Å². The summed E-state index contributed by atoms with van der Waals surface area (Å²) >= 11 is 1.99. The van der Waals surface area contributed by atoms with Gasteiger partial charge in [-0.15, -0.1) is 10.2 Å². The van der Waals surface area contributed by atoms with E-state index in [4.69, 9.17) is 4.98 Å². The molecule has 5 rings (SSSR count). The summed E-state index contributed by atoms with van der Waals surface area (Å²) in [5.41, 5.74) is 2.41. The van der Waals surface area contributed by atoms with E-state index in [1.165, 1.54) is 12.5 Å². The Morgan fingerprint density at radius 3 is 2.45 bits per heavy atom. The minimum Gasteiger partial charge on any atom is -0.313 e. The zero-order chi connectivity index (χ0) is 21.9. The second-order valence-electron chi connectivity index (χ2n) is 9.04. The number of hydrogen-bond acceptors (Lipinski definition) is 7. The van der Waals surface area contributed by atoms with Crippen LogP contribution in [0.2, 0.25) is 0 Å². The standard InChI is InChI=1S/C22H25N5O2S2/c1-21(2)12-19-25-26-20(27(19)10-11-30-21)22(8-9-22)18-7-4-15(13-24-18)17-6-5-16(14-23-17)31(3,28)29/h4-7,13-14H,8-12H2,1-3H3. The van der Waals surface area contributed by atoms with Gasteiger partial charge in [0.1, 0.15) is 11.6 Å². The quantitative estimate of drug-likeness (QED) is 0.596. The van der Waals surface area contributed by atoms with E-state index in [1.807, 2.05) is 30.1 Å². The lowest BCUT2D eigenvalue weighted by molar-refractivity contribution is 0.601. The number of thioether (sulfide) groups is 1. The average Bonchev–Trinajstić information content (AvgIpc) is 3.47. The maximum Gasteiger partial charge on any atom is 0.177 e. The molecule has 4 heterocycles. The van der Waals surface area contributed by atoms with Gasteiger partial charge in [-0.3, -0.25) is 9.97 Å². The average molecular weight is 456 g/mol. The van der Waals surface area contributed by atoms with Gasteiger partial charge >= 0.3 is 0 Å². The molecule has 1 fully saturated rings. The van der Waals surface area contributed by atoms with Crippen molar-refractivity contribution in [2.75, 3.05) is 12.0 Å². The molecule has 31 heavy (non-hydrogen) atoms. The van der Waals surface area contributed by atoms with Gasteiger partial charge in [-0.25, -0.2) is 8.42 Å². The van der Waals surface area contributed by atoms with Gasteiger partial charge in [0, 0.05) is 47.7 Å². The van der Waals surface area contributed by atoms with Gasteiger partial charge in [-0.05, 0) is 37.1 Å². The lowest BCUT2D eigenvalue weighted by Gasteiger charge is -2.19. The molecule has 3 aromatic rings. The fraction of sp³-hybridized carbons (Fsp3) is 0.455. The van der Waals surface area contributed by atoms with Crippen molar-refractivity contribution in [3.05, 3.63) is 54.0 Å². The highest BCUT2D eigenvalue weighted by molar-refractivity contribution is 8.00. The molecule has 2 aliphatic rings. The maximum absolute atomic E-state index is 11.6. The Balaban J connectivity index is 1.44. The first-order chi connectivity index (χ1) is 14.7. The smallest absolute Gasteiger partial charge is 0.177 e. The molecule has 0 radical (unpaired) electrons. The number of fused-ring (bicyclic) bond motifs is 1. The summed E-state index contributed by atoms with van der Waals surface area (Å²) in [6.45, 7) is 5.47. The summed E-state index contributed by atoms with van der Waals surface area (Å²) in [5.74, 6) is 3.17. The number of rotatable bonds is 4. The minimum absolute atomic E-state index is 0.156. The van der Waals surface area contributed by atoms with Crippen molar-refractivity contribution in [2.45, 2.75) is 54.7 Å². The van der Waals surface area contributed by atoms with Crippen molar-refractivity contribution in [3.63, 3.8) is 0 Å². The Morgan fingerprint density at radius 1 is 1.03 bits per heavy atom. The number of hydrogen-bond donors (Lipinski definition) is 0. The summed E-state index contributed by atoms with van der Waals surface area (Å²) in [5, 5.41) is 9.17. The van der Waals surface area contributed by atoms with Crippen molar-refractivity contribution >= 4 is 21.6 Å². The van der Waals surface area contributed by atoms with E-state index >= 15 is 0 Å². The summed E-state index contributed by atoms with van der Waals surface area (Å²) in [6.07, 6.45) is 7.36. The molecule has 0 saturated heterocycles. The summed E-state index contributed by atoms with van der Waals surface area (Å²) in [4.78, 5) is 9.29. The van der Waals surface area contributed by atoms with Crippen molar-refractivity contribution < 1.29 is 8.42 Å². The van der Waals surface area contributed by atoms with Crippen LogP contribution >= 0.6 is 11.8 Å². The lowest BCUT2D eigenvalue weighted by atomic mass is 9.99. The van der Waals surface area contributed by atoms with Crippen LogP contribution in [0.3, 0.4) is 0 Å².